The summed E-state index contributed by atoms with van der Waals surface area (Å²) in [6.45, 7) is 4.51. The molecule has 6 rings (SSSR count). The van der Waals surface area contributed by atoms with Crippen LogP contribution < -0.4 is 25.4 Å². The quantitative estimate of drug-likeness (QED) is 0.0230. The average molecular weight is 1410 g/mol. The summed E-state index contributed by atoms with van der Waals surface area (Å²) in [6, 6.07) is 14.7. The number of rotatable bonds is 37. The van der Waals surface area contributed by atoms with Crippen LogP contribution in [0.25, 0.3) is 22.0 Å². The van der Waals surface area contributed by atoms with Crippen molar-refractivity contribution in [3.05, 3.63) is 90.9 Å². The van der Waals surface area contributed by atoms with Crippen molar-refractivity contribution in [3.63, 3.8) is 0 Å². The number of sulfonamides is 2. The van der Waals surface area contributed by atoms with Crippen LogP contribution >= 0.6 is 0 Å². The van der Waals surface area contributed by atoms with Gasteiger partial charge in [-0.3, -0.25) is 53.0 Å². The third-order valence-electron chi connectivity index (χ3n) is 13.6. The van der Waals surface area contributed by atoms with Gasteiger partial charge in [-0.2, -0.15) is 9.82 Å². The van der Waals surface area contributed by atoms with Gasteiger partial charge in [0, 0.05) is 122 Å². The Labute approximate surface area is 541 Å². The fourth-order valence-corrected chi connectivity index (χ4v) is 11.3. The van der Waals surface area contributed by atoms with Gasteiger partial charge in [0.1, 0.15) is 6.04 Å². The van der Waals surface area contributed by atoms with Crippen LogP contribution in [0.5, 0.6) is 0 Å². The Bertz CT molecular complexity index is 3200. The second-order valence-electron chi connectivity index (χ2n) is 20.2. The molecule has 2 amide bonds. The molecule has 1 fully saturated rings. The maximum absolute atomic E-state index is 13.3. The van der Waals surface area contributed by atoms with E-state index in [-0.39, 0.29) is 140 Å². The molecule has 10 N–H and O–H groups in total. The van der Waals surface area contributed by atoms with Crippen molar-refractivity contribution in [2.75, 3.05) is 150 Å². The second-order valence-corrected chi connectivity index (χ2v) is 23.7. The minimum absolute atomic E-state index is 0. The van der Waals surface area contributed by atoms with Crippen molar-refractivity contribution in [2.45, 2.75) is 41.6 Å². The van der Waals surface area contributed by atoms with Crippen molar-refractivity contribution >= 4 is 72.6 Å². The number of benzene rings is 3. The number of fused-ring (bicyclic) bond motifs is 1. The van der Waals surface area contributed by atoms with Gasteiger partial charge in [0.15, 0.2) is 5.95 Å². The maximum atomic E-state index is 13.3. The van der Waals surface area contributed by atoms with E-state index in [9.17, 15) is 66.0 Å². The first-order chi connectivity index (χ1) is 41.7. The van der Waals surface area contributed by atoms with Gasteiger partial charge >= 0.3 is 63.8 Å². The molecule has 1 aliphatic rings. The molecule has 2 aromatic heterocycles. The summed E-state index contributed by atoms with van der Waals surface area (Å²) >= 11 is 0. The smallest absolute Gasteiger partial charge is 0.480 e. The Kier molecular flexibility index (Phi) is 31.1. The van der Waals surface area contributed by atoms with Crippen LogP contribution in [0.2, 0.25) is 0 Å². The van der Waals surface area contributed by atoms with Gasteiger partial charge in [-0.05, 0) is 72.9 Å². The van der Waals surface area contributed by atoms with Crippen LogP contribution in [0.4, 0.5) is 5.95 Å². The third kappa shape index (κ3) is 25.7. The Morgan fingerprint density at radius 1 is 0.591 bits per heavy atom. The molecule has 0 bridgehead atoms. The second kappa shape index (κ2) is 37.7. The van der Waals surface area contributed by atoms with E-state index in [2.05, 4.69) is 40.5 Å². The minimum atomic E-state index is -4.38. The van der Waals surface area contributed by atoms with Crippen molar-refractivity contribution < 1.29 is 120 Å². The predicted octanol–water partition coefficient (Wildman–Crippen LogP) is -0.210. The number of hydrogen-bond acceptors (Lipinski definition) is 20. The zero-order valence-electron chi connectivity index (χ0n) is 48.4. The Hall–Kier alpha value is -6.18. The number of anilines is 1. The molecule has 0 spiro atoms. The van der Waals surface area contributed by atoms with E-state index < -0.39 is 62.4 Å². The van der Waals surface area contributed by atoms with Gasteiger partial charge in [0.05, 0.1) is 74.1 Å². The molecule has 33 heteroatoms. The average Bonchev–Trinajstić information content (AvgIpc) is 2.50. The topological polar surface area (TPSA) is 399 Å². The van der Waals surface area contributed by atoms with Gasteiger partial charge in [0.2, 0.25) is 26.0 Å². The molecule has 5 aromatic rings. The van der Waals surface area contributed by atoms with E-state index in [1.807, 2.05) is 4.90 Å². The third-order valence-corrected chi connectivity index (χ3v) is 16.6. The van der Waals surface area contributed by atoms with Gasteiger partial charge in [-0.25, -0.2) is 26.5 Å². The number of hydrogen-bond donors (Lipinski definition) is 10. The van der Waals surface area contributed by atoms with E-state index >= 15 is 0 Å². The number of aliphatic carboxylic acids is 4. The molecule has 0 saturated carbocycles. The van der Waals surface area contributed by atoms with E-state index in [0.29, 0.717) is 101 Å². The fourth-order valence-electron chi connectivity index (χ4n) is 9.04. The first-order valence-corrected chi connectivity index (χ1v) is 31.2. The normalized spacial score (nSPS) is 14.7. The number of amides is 2. The van der Waals surface area contributed by atoms with Gasteiger partial charge in [-0.1, -0.05) is 24.3 Å². The van der Waals surface area contributed by atoms with E-state index in [4.69, 9.17) is 14.2 Å². The van der Waals surface area contributed by atoms with Crippen LogP contribution in [0, 0.1) is 39.9 Å². The molecule has 1 unspecified atom stereocenters. The summed E-state index contributed by atoms with van der Waals surface area (Å²) < 4.78 is 75.9. The number of nitrogens with zero attached hydrogens (tertiary/aromatic N) is 7. The number of aryl methyl sites for hydroxylation is 1. The number of imidazole rings is 1. The predicted molar refractivity (Wildman–Crippen MR) is 316 cm³/mol. The molecule has 481 valence electrons. The summed E-state index contributed by atoms with van der Waals surface area (Å²) in [5.41, 5.74) is 2.17. The molecule has 1 saturated heterocycles. The molecule has 1 atom stereocenters. The van der Waals surface area contributed by atoms with Crippen LogP contribution in [0.1, 0.15) is 29.6 Å². The summed E-state index contributed by atoms with van der Waals surface area (Å²) in [5, 5.41) is 51.7. The zero-order chi connectivity index (χ0) is 62.6. The molecule has 30 nitrogen and oxygen atoms in total. The zero-order valence-corrected chi connectivity index (χ0v) is 52.3. The Morgan fingerprint density at radius 2 is 1.09 bits per heavy atom. The van der Waals surface area contributed by atoms with Crippen molar-refractivity contribution in [1.82, 2.24) is 59.4 Å². The van der Waals surface area contributed by atoms with Crippen molar-refractivity contribution in [3.8, 4) is 11.1 Å². The monoisotopic (exact) mass is 1410 g/mol. The van der Waals surface area contributed by atoms with Gasteiger partial charge < -0.3 is 55.6 Å². The molecule has 3 heterocycles. The number of carboxylic acid groups (broad SMARTS) is 4. The molecule has 1 radical (unpaired) electrons. The largest absolute Gasteiger partial charge is 3.00 e. The van der Waals surface area contributed by atoms with Crippen LogP contribution in [0.3, 0.4) is 0 Å². The Morgan fingerprint density at radius 3 is 1.59 bits per heavy atom. The van der Waals surface area contributed by atoms with E-state index in [0.717, 1.165) is 11.9 Å². The minimum Gasteiger partial charge on any atom is -0.480 e. The first kappa shape index (κ1) is 72.6. The standard InChI is InChI=1S/C55H77N13O17S2.Gd/c69-49(37-64-20-22-65(38-50(70)71)24-26-67(40-52(74)75)27-25-66(23-21-64)39-51(72)73)56-15-2-28-83-30-32-85-33-31-84-29-3-16-62-86(79,80)45-9-4-41(5-10-45)42-6-11-46(12-7-42)87(81,82)63-47(54(77)78)36-60-53(76)43-8-13-48-44(34-43)35-61-68(48)19-1-14-57-55-58-17-18-59-55;/h4-13,17-18,34-35,47,62-63H,1-3,14-16,19-33,36-40H2,(H,56,69)(H,60,76)(H,70,71)(H,72,73)(H,74,75)(H,77,78)(H2,57,58,59);/q;+3. The fraction of sp³-hybridized carbons (Fsp3) is 0.491. The van der Waals surface area contributed by atoms with Crippen molar-refractivity contribution in [2.24, 2.45) is 0 Å². The number of ether oxygens (including phenoxy) is 3. The van der Waals surface area contributed by atoms with Gasteiger partial charge in [-0.15, -0.1) is 0 Å². The first-order valence-electron chi connectivity index (χ1n) is 28.2. The number of carboxylic acids is 4. The SMILES string of the molecule is O=C(O)CN1CCN(CC(=O)O)CCN(CC(=O)NCCCOCCOCCOCCCNS(=O)(=O)c2ccc(-c3ccc(S(=O)(=O)NC(CNC(=O)c4ccc5c(cnn5CCCNc5ncc[nH]5)c4)C(=O)O)cc3)cc2)CCN(CC(=O)O)CC1.[Gd+3]. The molecule has 3 aromatic carbocycles. The summed E-state index contributed by atoms with van der Waals surface area (Å²) in [5.74, 6) is -4.82. The molecular formula is C55H77GdN13O17S2+3. The number of H-pyrrole nitrogens is 1. The van der Waals surface area contributed by atoms with E-state index in [1.165, 1.54) is 36.4 Å². The molecular weight excluding hydrogens is 1340 g/mol. The molecule has 1 aliphatic heterocycles. The Balaban J connectivity index is 0.0000141. The van der Waals surface area contributed by atoms with Crippen LogP contribution in [-0.2, 0) is 64.8 Å². The maximum Gasteiger partial charge on any atom is 3.00 e. The number of aromatic amines is 1. The number of carbonyl (C=O) groups excluding carboxylic acids is 2. The number of carbonyl (C=O) groups is 6. The van der Waals surface area contributed by atoms with Crippen molar-refractivity contribution in [1.29, 1.82) is 0 Å². The molecule has 0 aliphatic carbocycles. The summed E-state index contributed by atoms with van der Waals surface area (Å²) in [7, 11) is -8.25. The number of nitrogens with one attached hydrogen (secondary N) is 6. The molecule has 88 heavy (non-hydrogen) atoms. The summed E-state index contributed by atoms with van der Waals surface area (Å²) in [4.78, 5) is 86.4. The number of aromatic nitrogens is 4. The van der Waals surface area contributed by atoms with Crippen LogP contribution in [0.15, 0.2) is 95.1 Å². The van der Waals surface area contributed by atoms with Crippen LogP contribution in [-0.4, -0.2) is 263 Å². The van der Waals surface area contributed by atoms with E-state index in [1.54, 1.807) is 68.3 Å². The van der Waals surface area contributed by atoms with Gasteiger partial charge in [0.25, 0.3) is 5.91 Å². The summed E-state index contributed by atoms with van der Waals surface area (Å²) in [6.07, 6.45) is 6.64.